The summed E-state index contributed by atoms with van der Waals surface area (Å²) in [5, 5.41) is 13.0. The predicted octanol–water partition coefficient (Wildman–Crippen LogP) is 2.34. The van der Waals surface area contributed by atoms with Crippen LogP contribution in [-0.2, 0) is 0 Å². The predicted molar refractivity (Wildman–Crippen MR) is 60.6 cm³/mol. The molecule has 0 amide bonds. The van der Waals surface area contributed by atoms with Gasteiger partial charge in [-0.05, 0) is 25.0 Å². The number of hydrogen-bond acceptors (Lipinski definition) is 3. The van der Waals surface area contributed by atoms with Crippen LogP contribution in [0, 0.1) is 5.92 Å². The van der Waals surface area contributed by atoms with E-state index in [0.717, 1.165) is 12.2 Å². The Kier molecular flexibility index (Phi) is 4.85. The fourth-order valence-electron chi connectivity index (χ4n) is 1.41. The van der Waals surface area contributed by atoms with Crippen molar-refractivity contribution >= 4 is 0 Å². The Labute approximate surface area is 91.5 Å². The smallest absolute Gasteiger partial charge is 0.120 e. The Morgan fingerprint density at radius 3 is 2.73 bits per heavy atom. The van der Waals surface area contributed by atoms with Crippen molar-refractivity contribution in [2.75, 3.05) is 6.54 Å². The average molecular weight is 211 g/mol. The maximum absolute atomic E-state index is 9.77. The van der Waals surface area contributed by atoms with Crippen molar-refractivity contribution in [3.05, 3.63) is 24.2 Å². The highest BCUT2D eigenvalue weighted by Crippen LogP contribution is 2.13. The van der Waals surface area contributed by atoms with Gasteiger partial charge in [-0.2, -0.15) is 0 Å². The summed E-state index contributed by atoms with van der Waals surface area (Å²) >= 11 is 0. The summed E-state index contributed by atoms with van der Waals surface area (Å²) in [6.45, 7) is 6.78. The summed E-state index contributed by atoms with van der Waals surface area (Å²) in [6, 6.07) is 3.96. The molecule has 1 aromatic rings. The quantitative estimate of drug-likeness (QED) is 0.759. The molecule has 0 saturated heterocycles. The van der Waals surface area contributed by atoms with Crippen LogP contribution in [0.15, 0.2) is 22.8 Å². The third-order valence-electron chi connectivity index (χ3n) is 2.90. The Balaban J connectivity index is 2.31. The normalized spacial score (nSPS) is 17.3. The van der Waals surface area contributed by atoms with Crippen LogP contribution in [0.1, 0.15) is 39.0 Å². The topological polar surface area (TPSA) is 45.4 Å². The van der Waals surface area contributed by atoms with Crippen molar-refractivity contribution in [1.82, 2.24) is 5.32 Å². The SMILES string of the molecule is CCC(C)C(O)CNC(C)c1ccco1. The minimum atomic E-state index is -0.285. The largest absolute Gasteiger partial charge is 0.468 e. The molecule has 1 aromatic heterocycles. The van der Waals surface area contributed by atoms with Crippen molar-refractivity contribution in [3.8, 4) is 0 Å². The summed E-state index contributed by atoms with van der Waals surface area (Å²) in [5.41, 5.74) is 0. The lowest BCUT2D eigenvalue weighted by Crippen LogP contribution is -2.32. The van der Waals surface area contributed by atoms with Crippen molar-refractivity contribution in [2.45, 2.75) is 39.3 Å². The number of hydrogen-bond donors (Lipinski definition) is 2. The van der Waals surface area contributed by atoms with E-state index in [2.05, 4.69) is 19.2 Å². The molecular formula is C12H21NO2. The highest BCUT2D eigenvalue weighted by molar-refractivity contribution is 5.02. The van der Waals surface area contributed by atoms with Gasteiger partial charge in [0, 0.05) is 6.54 Å². The molecule has 3 nitrogen and oxygen atoms in total. The zero-order valence-corrected chi connectivity index (χ0v) is 9.73. The third kappa shape index (κ3) is 3.68. The van der Waals surface area contributed by atoms with E-state index in [1.54, 1.807) is 6.26 Å². The van der Waals surface area contributed by atoms with Gasteiger partial charge in [0.1, 0.15) is 5.76 Å². The van der Waals surface area contributed by atoms with Crippen molar-refractivity contribution in [2.24, 2.45) is 5.92 Å². The van der Waals surface area contributed by atoms with Gasteiger partial charge in [0.25, 0.3) is 0 Å². The van der Waals surface area contributed by atoms with Crippen molar-refractivity contribution in [3.63, 3.8) is 0 Å². The Hall–Kier alpha value is -0.800. The van der Waals surface area contributed by atoms with Crippen molar-refractivity contribution in [1.29, 1.82) is 0 Å². The maximum Gasteiger partial charge on any atom is 0.120 e. The Bertz CT molecular complexity index is 259. The fourth-order valence-corrected chi connectivity index (χ4v) is 1.41. The molecule has 0 saturated carbocycles. The molecule has 0 aliphatic rings. The van der Waals surface area contributed by atoms with Crippen LogP contribution in [-0.4, -0.2) is 17.8 Å². The fraction of sp³-hybridized carbons (Fsp3) is 0.667. The molecule has 0 aromatic carbocycles. The molecule has 86 valence electrons. The van der Waals surface area contributed by atoms with Gasteiger partial charge in [0.2, 0.25) is 0 Å². The first kappa shape index (κ1) is 12.3. The lowest BCUT2D eigenvalue weighted by Gasteiger charge is -2.19. The van der Waals surface area contributed by atoms with Crippen LogP contribution in [0.3, 0.4) is 0 Å². The first-order valence-electron chi connectivity index (χ1n) is 5.60. The Morgan fingerprint density at radius 1 is 1.47 bits per heavy atom. The molecule has 3 unspecified atom stereocenters. The van der Waals surface area contributed by atoms with Gasteiger partial charge in [-0.3, -0.25) is 0 Å². The molecule has 0 aliphatic carbocycles. The maximum atomic E-state index is 9.77. The molecule has 1 heterocycles. The molecule has 15 heavy (non-hydrogen) atoms. The standard InChI is InChI=1S/C12H21NO2/c1-4-9(2)11(14)8-13-10(3)12-6-5-7-15-12/h5-7,9-11,13-14H,4,8H2,1-3H3. The zero-order chi connectivity index (χ0) is 11.3. The second-order valence-electron chi connectivity index (χ2n) is 4.10. The van der Waals surface area contributed by atoms with Gasteiger partial charge in [0.15, 0.2) is 0 Å². The first-order valence-corrected chi connectivity index (χ1v) is 5.60. The molecule has 0 spiro atoms. The number of furan rings is 1. The van der Waals surface area contributed by atoms with Crippen LogP contribution < -0.4 is 5.32 Å². The molecular weight excluding hydrogens is 190 g/mol. The Morgan fingerprint density at radius 2 is 2.20 bits per heavy atom. The molecule has 0 bridgehead atoms. The summed E-state index contributed by atoms with van der Waals surface area (Å²) in [4.78, 5) is 0. The van der Waals surface area contributed by atoms with E-state index in [1.807, 2.05) is 19.1 Å². The van der Waals surface area contributed by atoms with Gasteiger partial charge in [0.05, 0.1) is 18.4 Å². The van der Waals surface area contributed by atoms with Gasteiger partial charge in [-0.15, -0.1) is 0 Å². The number of aliphatic hydroxyl groups is 1. The van der Waals surface area contributed by atoms with Crippen LogP contribution >= 0.6 is 0 Å². The van der Waals surface area contributed by atoms with Crippen LogP contribution in [0.25, 0.3) is 0 Å². The van der Waals surface area contributed by atoms with E-state index in [-0.39, 0.29) is 12.1 Å². The van der Waals surface area contributed by atoms with E-state index in [4.69, 9.17) is 4.42 Å². The highest BCUT2D eigenvalue weighted by atomic mass is 16.3. The van der Waals surface area contributed by atoms with Gasteiger partial charge in [-0.1, -0.05) is 20.3 Å². The summed E-state index contributed by atoms with van der Waals surface area (Å²) < 4.78 is 5.27. The minimum Gasteiger partial charge on any atom is -0.468 e. The highest BCUT2D eigenvalue weighted by Gasteiger charge is 2.14. The lowest BCUT2D eigenvalue weighted by molar-refractivity contribution is 0.109. The van der Waals surface area contributed by atoms with E-state index in [9.17, 15) is 5.11 Å². The van der Waals surface area contributed by atoms with Gasteiger partial charge in [-0.25, -0.2) is 0 Å². The molecule has 3 heteroatoms. The zero-order valence-electron chi connectivity index (χ0n) is 9.73. The minimum absolute atomic E-state index is 0.152. The van der Waals surface area contributed by atoms with Gasteiger partial charge < -0.3 is 14.8 Å². The van der Waals surface area contributed by atoms with Gasteiger partial charge >= 0.3 is 0 Å². The van der Waals surface area contributed by atoms with Crippen LogP contribution in [0.4, 0.5) is 0 Å². The summed E-state index contributed by atoms with van der Waals surface area (Å²) in [7, 11) is 0. The number of aliphatic hydroxyl groups excluding tert-OH is 1. The molecule has 0 aliphatic heterocycles. The third-order valence-corrected chi connectivity index (χ3v) is 2.90. The summed E-state index contributed by atoms with van der Waals surface area (Å²) in [6.07, 6.45) is 2.38. The van der Waals surface area contributed by atoms with E-state index in [1.165, 1.54) is 0 Å². The van der Waals surface area contributed by atoms with Crippen molar-refractivity contribution < 1.29 is 9.52 Å². The van der Waals surface area contributed by atoms with Crippen LogP contribution in [0.5, 0.6) is 0 Å². The molecule has 0 fully saturated rings. The van der Waals surface area contributed by atoms with E-state index in [0.29, 0.717) is 12.5 Å². The second-order valence-corrected chi connectivity index (χ2v) is 4.10. The molecule has 0 radical (unpaired) electrons. The van der Waals surface area contributed by atoms with E-state index < -0.39 is 0 Å². The summed E-state index contributed by atoms with van der Waals surface area (Å²) in [5.74, 6) is 1.24. The van der Waals surface area contributed by atoms with E-state index >= 15 is 0 Å². The number of nitrogens with one attached hydrogen (secondary N) is 1. The lowest BCUT2D eigenvalue weighted by atomic mass is 10.0. The second kappa shape index (κ2) is 5.93. The average Bonchev–Trinajstić information content (AvgIpc) is 2.77. The molecule has 3 atom stereocenters. The monoisotopic (exact) mass is 211 g/mol. The number of rotatable bonds is 6. The molecule has 2 N–H and O–H groups in total. The van der Waals surface area contributed by atoms with Crippen LogP contribution in [0.2, 0.25) is 0 Å². The first-order chi connectivity index (χ1) is 7.15. The molecule has 1 rings (SSSR count).